The first kappa shape index (κ1) is 65.0. The number of Topliss-reactive ketones (excluding diaryl/α,β-unsaturated/α-hetero) is 3. The minimum Gasteiger partial charge on any atom is -0.481 e. The smallest absolute Gasteiger partial charge is 0.303 e. The van der Waals surface area contributed by atoms with Crippen molar-refractivity contribution in [1.29, 1.82) is 0 Å². The molecule has 0 unspecified atom stereocenters. The molecule has 0 saturated heterocycles. The van der Waals surface area contributed by atoms with Crippen LogP contribution in [-0.4, -0.2) is 123 Å². The molecule has 3 atom stereocenters. The van der Waals surface area contributed by atoms with Crippen molar-refractivity contribution in [3.05, 3.63) is 35.9 Å². The fourth-order valence-electron chi connectivity index (χ4n) is 5.68. The number of benzene rings is 1. The zero-order valence-electron chi connectivity index (χ0n) is 43.1. The van der Waals surface area contributed by atoms with Crippen LogP contribution in [0, 0.1) is 23.7 Å². The van der Waals surface area contributed by atoms with Crippen LogP contribution in [0.5, 0.6) is 0 Å². The Kier molecular flexibility index (Phi) is 37.6. The summed E-state index contributed by atoms with van der Waals surface area (Å²) in [6.07, 6.45) is 1.50. The van der Waals surface area contributed by atoms with Crippen molar-refractivity contribution in [3.63, 3.8) is 0 Å². The third kappa shape index (κ3) is 40.6. The van der Waals surface area contributed by atoms with Crippen LogP contribution in [0.1, 0.15) is 141 Å². The zero-order chi connectivity index (χ0) is 51.5. The van der Waals surface area contributed by atoms with E-state index < -0.39 is 17.8 Å². The summed E-state index contributed by atoms with van der Waals surface area (Å²) in [6.45, 7) is 26.9. The molecular weight excluding hydrogens is 867 g/mol. The van der Waals surface area contributed by atoms with Gasteiger partial charge >= 0.3 is 5.97 Å². The summed E-state index contributed by atoms with van der Waals surface area (Å²) in [6, 6.07) is 9.70. The molecule has 1 aromatic rings. The molecule has 0 aliphatic heterocycles. The number of ketones is 3. The van der Waals surface area contributed by atoms with Gasteiger partial charge in [0.15, 0.2) is 17.3 Å². The van der Waals surface area contributed by atoms with Crippen molar-refractivity contribution in [3.8, 4) is 0 Å². The van der Waals surface area contributed by atoms with Crippen LogP contribution in [0.3, 0.4) is 0 Å². The van der Waals surface area contributed by atoms with Crippen LogP contribution in [0.4, 0.5) is 0 Å². The molecule has 17 nitrogen and oxygen atoms in total. The van der Waals surface area contributed by atoms with Gasteiger partial charge in [-0.05, 0) is 114 Å². The van der Waals surface area contributed by atoms with Crippen LogP contribution < -0.4 is 16.0 Å². The quantitative estimate of drug-likeness (QED) is 0.0533. The van der Waals surface area contributed by atoms with Crippen molar-refractivity contribution in [1.82, 2.24) is 16.0 Å². The van der Waals surface area contributed by atoms with Gasteiger partial charge in [0, 0.05) is 43.4 Å². The number of carbonyl (C=O) groups is 7. The van der Waals surface area contributed by atoms with Crippen LogP contribution in [-0.2, 0) is 68.4 Å². The highest BCUT2D eigenvalue weighted by Gasteiger charge is 2.25. The number of carboxylic acid groups (broad SMARTS) is 1. The molecule has 1 rings (SSSR count). The van der Waals surface area contributed by atoms with Crippen LogP contribution in [0.2, 0.25) is 0 Å². The van der Waals surface area contributed by atoms with E-state index in [4.69, 9.17) is 33.5 Å². The van der Waals surface area contributed by atoms with Gasteiger partial charge in [0.2, 0.25) is 17.7 Å². The molecule has 17 heteroatoms. The van der Waals surface area contributed by atoms with E-state index in [2.05, 4.69) is 16.0 Å². The number of nitrogens with one attached hydrogen (secondary N) is 3. The van der Waals surface area contributed by atoms with Crippen LogP contribution in [0.15, 0.2) is 30.3 Å². The fourth-order valence-corrected chi connectivity index (χ4v) is 5.68. The molecule has 0 spiro atoms. The first-order chi connectivity index (χ1) is 31.3. The Hall–Kier alpha value is -4.13. The molecule has 1 aromatic carbocycles. The Balaban J connectivity index is 0. The Labute approximate surface area is 401 Å². The maximum atomic E-state index is 12.4. The number of amides is 3. The summed E-state index contributed by atoms with van der Waals surface area (Å²) in [5, 5.41) is 16.8. The summed E-state index contributed by atoms with van der Waals surface area (Å²) in [5.41, 5.74) is 1.03. The van der Waals surface area contributed by atoms with E-state index >= 15 is 0 Å². The molecule has 0 saturated carbocycles. The minimum atomic E-state index is -0.998. The van der Waals surface area contributed by atoms with Gasteiger partial charge in [0.25, 0.3) is 0 Å². The maximum Gasteiger partial charge on any atom is 0.303 e. The standard InChI is InChI=1S/C19H29NO4.C16H31NO4.C15H27NO6/c1-14(2)23-12-18(21)11-17(10-16-8-6-5-7-9-16)19(22)20-13-24-15(3)4;1-11(2)7-14(8-15(18)9-20-12(3)4)16(19)17-10-21-13(5)6;1-10(2)21-8-13(17)7-12(5-6-14(18)19)15(20)16-9-22-11(3)4/h5-9,14-15,17H,10-13H2,1-4H3,(H,20,22);11-14H,7-10H2,1-6H3,(H,17,19);10-12H,5-9H2,1-4H3,(H,16,20)(H,18,19)/t17-;14-;12-/m111/s1. The van der Waals surface area contributed by atoms with E-state index in [9.17, 15) is 33.6 Å². The Bertz CT molecular complexity index is 1530. The molecule has 0 radical (unpaired) electrons. The molecule has 67 heavy (non-hydrogen) atoms. The van der Waals surface area contributed by atoms with E-state index in [0.29, 0.717) is 18.8 Å². The Morgan fingerprint density at radius 3 is 1.13 bits per heavy atom. The third-order valence-electron chi connectivity index (χ3n) is 9.04. The van der Waals surface area contributed by atoms with Crippen LogP contribution >= 0.6 is 0 Å². The van der Waals surface area contributed by atoms with Crippen molar-refractivity contribution in [2.75, 3.05) is 40.0 Å². The number of aliphatic carboxylic acids is 1. The molecule has 4 N–H and O–H groups in total. The van der Waals surface area contributed by atoms with Gasteiger partial charge in [-0.1, -0.05) is 44.2 Å². The molecule has 0 aromatic heterocycles. The predicted octanol–water partition coefficient (Wildman–Crippen LogP) is 6.61. The molecule has 3 amide bonds. The van der Waals surface area contributed by atoms with Crippen molar-refractivity contribution in [2.24, 2.45) is 23.7 Å². The van der Waals surface area contributed by atoms with E-state index in [0.717, 1.165) is 5.56 Å². The predicted molar refractivity (Wildman–Crippen MR) is 257 cm³/mol. The summed E-state index contributed by atoms with van der Waals surface area (Å²) in [7, 11) is 0. The van der Waals surface area contributed by atoms with Gasteiger partial charge in [-0.15, -0.1) is 0 Å². The van der Waals surface area contributed by atoms with Gasteiger partial charge in [-0.25, -0.2) is 0 Å². The molecular formula is C50H87N3O14. The molecule has 0 heterocycles. The SMILES string of the molecule is CC(C)C[C@H](CC(=O)COC(C)C)C(=O)NCOC(C)C.CC(C)OCNC(=O)[C@@H](CC(=O)COC(C)C)Cc1ccccc1.CC(C)OCNC(=O)[C@H](CCC(=O)O)CC(=O)COC(C)C. The first-order valence-corrected chi connectivity index (χ1v) is 23.7. The summed E-state index contributed by atoms with van der Waals surface area (Å²) >= 11 is 0. The summed E-state index contributed by atoms with van der Waals surface area (Å²) in [5.74, 6) is -3.06. The lowest BCUT2D eigenvalue weighted by molar-refractivity contribution is -0.139. The molecule has 0 fully saturated rings. The van der Waals surface area contributed by atoms with E-state index in [1.165, 1.54) is 0 Å². The van der Waals surface area contributed by atoms with Gasteiger partial charge < -0.3 is 49.5 Å². The molecule has 386 valence electrons. The molecule has 0 aliphatic carbocycles. The highest BCUT2D eigenvalue weighted by molar-refractivity contribution is 5.89. The number of hydrogen-bond donors (Lipinski definition) is 4. The molecule has 0 bridgehead atoms. The van der Waals surface area contributed by atoms with Gasteiger partial charge in [0.05, 0.1) is 36.6 Å². The Morgan fingerprint density at radius 1 is 0.463 bits per heavy atom. The number of hydrogen-bond acceptors (Lipinski definition) is 13. The van der Waals surface area contributed by atoms with E-state index in [-0.39, 0.29) is 150 Å². The van der Waals surface area contributed by atoms with Crippen LogP contribution in [0.25, 0.3) is 0 Å². The number of rotatable bonds is 34. The third-order valence-corrected chi connectivity index (χ3v) is 9.04. The topological polar surface area (TPSA) is 231 Å². The lowest BCUT2D eigenvalue weighted by atomic mass is 9.92. The normalized spacial score (nSPS) is 12.6. The monoisotopic (exact) mass is 954 g/mol. The summed E-state index contributed by atoms with van der Waals surface area (Å²) in [4.78, 5) is 83.1. The van der Waals surface area contributed by atoms with Crippen molar-refractivity contribution >= 4 is 41.0 Å². The van der Waals surface area contributed by atoms with Crippen molar-refractivity contribution < 1.29 is 67.1 Å². The Morgan fingerprint density at radius 2 is 0.791 bits per heavy atom. The number of carbonyl (C=O) groups excluding carboxylic acids is 6. The zero-order valence-corrected chi connectivity index (χ0v) is 43.1. The highest BCUT2D eigenvalue weighted by Crippen LogP contribution is 2.18. The average molecular weight is 954 g/mol. The maximum absolute atomic E-state index is 12.4. The van der Waals surface area contributed by atoms with E-state index in [1.54, 1.807) is 0 Å². The van der Waals surface area contributed by atoms with Gasteiger partial charge in [0.1, 0.15) is 40.0 Å². The highest BCUT2D eigenvalue weighted by atomic mass is 16.5. The fraction of sp³-hybridized carbons (Fsp3) is 0.740. The lowest BCUT2D eigenvalue weighted by Crippen LogP contribution is -2.36. The average Bonchev–Trinajstić information content (AvgIpc) is 3.22. The van der Waals surface area contributed by atoms with Gasteiger partial charge in [-0.3, -0.25) is 33.6 Å². The largest absolute Gasteiger partial charge is 0.481 e. The van der Waals surface area contributed by atoms with Crippen molar-refractivity contribution in [2.45, 2.75) is 179 Å². The number of ether oxygens (including phenoxy) is 6. The minimum absolute atomic E-state index is 0.00482. The van der Waals surface area contributed by atoms with Gasteiger partial charge in [-0.2, -0.15) is 0 Å². The summed E-state index contributed by atoms with van der Waals surface area (Å²) < 4.78 is 31.7. The first-order valence-electron chi connectivity index (χ1n) is 23.7. The lowest BCUT2D eigenvalue weighted by Gasteiger charge is -2.19. The van der Waals surface area contributed by atoms with E-state index in [1.807, 2.05) is 127 Å². The second-order valence-corrected chi connectivity index (χ2v) is 18.4. The number of carboxylic acids is 1. The second-order valence-electron chi connectivity index (χ2n) is 18.4. The molecule has 0 aliphatic rings. The second kappa shape index (κ2) is 38.8.